The maximum atomic E-state index is 11.7. The Morgan fingerprint density at radius 1 is 1.32 bits per heavy atom. The number of rotatable bonds is 7. The van der Waals surface area contributed by atoms with Crippen LogP contribution in [0.2, 0.25) is 0 Å². The normalized spacial score (nSPS) is 13.1. The third kappa shape index (κ3) is 6.86. The van der Waals surface area contributed by atoms with Crippen LogP contribution in [0.3, 0.4) is 0 Å². The van der Waals surface area contributed by atoms with Crippen molar-refractivity contribution in [3.63, 3.8) is 0 Å². The summed E-state index contributed by atoms with van der Waals surface area (Å²) in [6.45, 7) is 0.142. The summed E-state index contributed by atoms with van der Waals surface area (Å²) in [4.78, 5) is 11.7. The van der Waals surface area contributed by atoms with Gasteiger partial charge in [0.05, 0.1) is 0 Å². The first-order valence-electron chi connectivity index (χ1n) is 5.40. The van der Waals surface area contributed by atoms with Gasteiger partial charge in [0, 0.05) is 34.9 Å². The van der Waals surface area contributed by atoms with Gasteiger partial charge in [-0.05, 0) is 0 Å². The Hall–Kier alpha value is -0.700. The molecule has 0 fully saturated rings. The minimum Gasteiger partial charge on any atom is -0.282 e. The van der Waals surface area contributed by atoms with Crippen LogP contribution in [0.4, 0.5) is 0 Å². The molecule has 0 saturated carbocycles. The van der Waals surface area contributed by atoms with E-state index in [-0.39, 0.29) is 11.7 Å². The van der Waals surface area contributed by atoms with Crippen LogP contribution >= 0.6 is 11.8 Å². The van der Waals surface area contributed by atoms with Gasteiger partial charge in [-0.3, -0.25) is 9.00 Å². The van der Waals surface area contributed by atoms with E-state index in [2.05, 4.69) is 4.72 Å². The lowest BCUT2D eigenvalue weighted by molar-refractivity contribution is 0.108. The van der Waals surface area contributed by atoms with E-state index >= 15 is 0 Å². The van der Waals surface area contributed by atoms with Gasteiger partial charge in [-0.1, -0.05) is 42.1 Å². The molecule has 5 nitrogen and oxygen atoms in total. The molecule has 1 rings (SSSR count). The van der Waals surface area contributed by atoms with Gasteiger partial charge in [0.15, 0.2) is 0 Å². The fourth-order valence-electron chi connectivity index (χ4n) is 1.26. The first-order chi connectivity index (χ1) is 8.91. The van der Waals surface area contributed by atoms with Crippen LogP contribution in [0, 0.1) is 0 Å². The number of nitrogens with one attached hydrogen (secondary N) is 1. The second kappa shape index (κ2) is 7.78. The molecule has 1 atom stereocenters. The van der Waals surface area contributed by atoms with Gasteiger partial charge in [-0.25, -0.2) is 13.1 Å². The first kappa shape index (κ1) is 16.4. The predicted molar refractivity (Wildman–Crippen MR) is 79.1 cm³/mol. The summed E-state index contributed by atoms with van der Waals surface area (Å²) in [6, 6.07) is 8.78. The summed E-state index contributed by atoms with van der Waals surface area (Å²) in [6.07, 6.45) is 1.33. The number of sulfonamides is 1. The zero-order valence-corrected chi connectivity index (χ0v) is 12.8. The fraction of sp³-hybridized carbons (Fsp3) is 0.364. The molecule has 19 heavy (non-hydrogen) atoms. The average molecular weight is 321 g/mol. The molecule has 0 amide bonds. The molecule has 0 saturated heterocycles. The van der Waals surface area contributed by atoms with E-state index in [4.69, 9.17) is 0 Å². The van der Waals surface area contributed by atoms with Crippen molar-refractivity contribution in [3.8, 4) is 0 Å². The molecule has 0 bridgehead atoms. The smallest absolute Gasteiger partial charge is 0.223 e. The molecule has 1 aromatic rings. The zero-order chi connectivity index (χ0) is 14.3. The quantitative estimate of drug-likeness (QED) is 0.752. The average Bonchev–Trinajstić information content (AvgIpc) is 2.34. The summed E-state index contributed by atoms with van der Waals surface area (Å²) < 4.78 is 35.8. The number of carbonyl (C=O) groups is 1. The molecule has 0 aliphatic carbocycles. The summed E-state index contributed by atoms with van der Waals surface area (Å²) >= 11 is 1.05. The van der Waals surface area contributed by atoms with Gasteiger partial charge in [-0.2, -0.15) is 0 Å². The maximum absolute atomic E-state index is 11.7. The van der Waals surface area contributed by atoms with Gasteiger partial charge in [0.25, 0.3) is 0 Å². The molecule has 0 aliphatic heterocycles. The van der Waals surface area contributed by atoms with E-state index in [9.17, 15) is 17.4 Å². The molecule has 0 aromatic heterocycles. The fourth-order valence-corrected chi connectivity index (χ4v) is 4.57. The van der Waals surface area contributed by atoms with E-state index < -0.39 is 25.9 Å². The second-order valence-corrected chi connectivity index (χ2v) is 8.38. The van der Waals surface area contributed by atoms with Crippen molar-refractivity contribution in [1.29, 1.82) is 0 Å². The molecule has 8 heteroatoms. The summed E-state index contributed by atoms with van der Waals surface area (Å²) in [5.74, 6) is 0.337. The highest BCUT2D eigenvalue weighted by Crippen LogP contribution is 2.11. The van der Waals surface area contributed by atoms with Gasteiger partial charge in [0.1, 0.15) is 5.08 Å². The van der Waals surface area contributed by atoms with Crippen LogP contribution in [0.5, 0.6) is 0 Å². The Morgan fingerprint density at radius 2 is 1.95 bits per heavy atom. The molecule has 0 heterocycles. The Balaban J connectivity index is 2.32. The van der Waals surface area contributed by atoms with Crippen molar-refractivity contribution in [2.24, 2.45) is 0 Å². The summed E-state index contributed by atoms with van der Waals surface area (Å²) in [5, 5.41) is -0.511. The van der Waals surface area contributed by atoms with E-state index in [1.807, 2.05) is 6.07 Å². The molecule has 1 unspecified atom stereocenters. The molecular formula is C11H15NO4S3. The SMILES string of the molecule is CS(=O)CS(=O)(=O)NCCSC(=O)c1ccccc1. The minimum absolute atomic E-state index is 0.0983. The molecule has 1 aromatic carbocycles. The molecule has 0 aliphatic rings. The van der Waals surface area contributed by atoms with Crippen molar-refractivity contribution < 1.29 is 17.4 Å². The maximum Gasteiger partial charge on any atom is 0.223 e. The van der Waals surface area contributed by atoms with Gasteiger partial charge in [0.2, 0.25) is 15.1 Å². The standard InChI is InChI=1S/C11H15NO4S3/c1-18(14)9-19(15,16)12-7-8-17-11(13)10-5-3-2-4-6-10/h2-6,12H,7-9H2,1H3. The van der Waals surface area contributed by atoms with E-state index in [0.717, 1.165) is 11.8 Å². The molecular weight excluding hydrogens is 306 g/mol. The Kier molecular flexibility index (Phi) is 6.70. The Bertz CT molecular complexity index is 542. The largest absolute Gasteiger partial charge is 0.282 e. The van der Waals surface area contributed by atoms with Crippen LogP contribution in [0.1, 0.15) is 10.4 Å². The van der Waals surface area contributed by atoms with Crippen molar-refractivity contribution in [3.05, 3.63) is 35.9 Å². The predicted octanol–water partition coefficient (Wildman–Crippen LogP) is 0.815. The molecule has 1 N–H and O–H groups in total. The summed E-state index contributed by atoms with van der Waals surface area (Å²) in [7, 11) is -4.92. The van der Waals surface area contributed by atoms with Crippen LogP contribution in [0.25, 0.3) is 0 Å². The highest BCUT2D eigenvalue weighted by Gasteiger charge is 2.12. The molecule has 0 spiro atoms. The summed E-state index contributed by atoms with van der Waals surface area (Å²) in [5.41, 5.74) is 0.588. The lowest BCUT2D eigenvalue weighted by atomic mass is 10.2. The van der Waals surface area contributed by atoms with Crippen LogP contribution < -0.4 is 4.72 Å². The minimum atomic E-state index is -3.52. The highest BCUT2D eigenvalue weighted by molar-refractivity contribution is 8.14. The molecule has 106 valence electrons. The number of hydrogen-bond acceptors (Lipinski definition) is 5. The Labute approximate surface area is 119 Å². The molecule has 0 radical (unpaired) electrons. The van der Waals surface area contributed by atoms with Crippen LogP contribution in [-0.2, 0) is 20.8 Å². The van der Waals surface area contributed by atoms with Crippen molar-refractivity contribution in [1.82, 2.24) is 4.72 Å². The number of hydrogen-bond donors (Lipinski definition) is 1. The topological polar surface area (TPSA) is 80.3 Å². The van der Waals surface area contributed by atoms with Gasteiger partial charge >= 0.3 is 0 Å². The number of thioether (sulfide) groups is 1. The third-order valence-corrected chi connectivity index (χ3v) is 6.11. The van der Waals surface area contributed by atoms with E-state index in [0.29, 0.717) is 11.3 Å². The third-order valence-electron chi connectivity index (χ3n) is 1.99. The monoisotopic (exact) mass is 321 g/mol. The number of benzene rings is 1. The van der Waals surface area contributed by atoms with Gasteiger partial charge in [-0.15, -0.1) is 0 Å². The van der Waals surface area contributed by atoms with E-state index in [1.54, 1.807) is 24.3 Å². The van der Waals surface area contributed by atoms with Gasteiger partial charge < -0.3 is 0 Å². The van der Waals surface area contributed by atoms with Crippen LogP contribution in [0.15, 0.2) is 30.3 Å². The highest BCUT2D eigenvalue weighted by atomic mass is 32.3. The second-order valence-electron chi connectivity index (χ2n) is 3.70. The van der Waals surface area contributed by atoms with Crippen molar-refractivity contribution in [2.75, 3.05) is 23.6 Å². The lowest BCUT2D eigenvalue weighted by Gasteiger charge is -2.04. The van der Waals surface area contributed by atoms with E-state index in [1.165, 1.54) is 6.26 Å². The van der Waals surface area contributed by atoms with Crippen molar-refractivity contribution >= 4 is 37.7 Å². The lowest BCUT2D eigenvalue weighted by Crippen LogP contribution is -2.30. The van der Waals surface area contributed by atoms with Crippen molar-refractivity contribution in [2.45, 2.75) is 0 Å². The number of carbonyl (C=O) groups excluding carboxylic acids is 1. The first-order valence-corrected chi connectivity index (χ1v) is 9.77. The Morgan fingerprint density at radius 3 is 2.53 bits per heavy atom. The zero-order valence-electron chi connectivity index (χ0n) is 10.4. The van der Waals surface area contributed by atoms with Crippen LogP contribution in [-0.4, -0.2) is 41.4 Å².